The number of nitrogens with one attached hydrogen (secondary N) is 1. The molecule has 0 spiro atoms. The van der Waals surface area contributed by atoms with Crippen molar-refractivity contribution in [3.63, 3.8) is 0 Å². The highest BCUT2D eigenvalue weighted by atomic mass is 16.4. The molecule has 3 saturated carbocycles. The van der Waals surface area contributed by atoms with Crippen molar-refractivity contribution in [2.45, 2.75) is 62.8 Å². The second-order valence-corrected chi connectivity index (χ2v) is 6.82. The molecule has 1 aromatic heterocycles. The molecule has 1 aromatic rings. The highest BCUT2D eigenvalue weighted by molar-refractivity contribution is 5.50. The molecule has 4 rings (SSSR count). The second-order valence-electron chi connectivity index (χ2n) is 6.82. The van der Waals surface area contributed by atoms with E-state index in [2.05, 4.69) is 35.9 Å². The summed E-state index contributed by atoms with van der Waals surface area (Å²) < 4.78 is 5.95. The topological polar surface area (TPSA) is 51.0 Å². The van der Waals surface area contributed by atoms with Crippen LogP contribution in [0.25, 0.3) is 0 Å². The summed E-state index contributed by atoms with van der Waals surface area (Å²) in [4.78, 5) is 0. The van der Waals surface area contributed by atoms with Crippen molar-refractivity contribution in [1.29, 1.82) is 0 Å². The standard InChI is InChI=1S/C15H21N3O/c1-4-10(3)16-15-7-14(15,8-15)13-18-17-12(19-13)11-5-9(2)6-11/h9,11,16H,3-8H2,1-2H3. The minimum atomic E-state index is 0.145. The Kier molecular flexibility index (Phi) is 2.06. The quantitative estimate of drug-likeness (QED) is 0.883. The molecule has 0 bridgehead atoms. The first-order valence-corrected chi connectivity index (χ1v) is 7.38. The van der Waals surface area contributed by atoms with E-state index in [1.807, 2.05) is 0 Å². The van der Waals surface area contributed by atoms with Crippen molar-refractivity contribution in [3.8, 4) is 0 Å². The van der Waals surface area contributed by atoms with Crippen molar-refractivity contribution in [2.24, 2.45) is 5.92 Å². The molecule has 0 saturated heterocycles. The van der Waals surface area contributed by atoms with Crippen LogP contribution in [-0.4, -0.2) is 15.7 Å². The minimum absolute atomic E-state index is 0.145. The van der Waals surface area contributed by atoms with E-state index in [-0.39, 0.29) is 11.0 Å². The zero-order valence-electron chi connectivity index (χ0n) is 11.7. The Balaban J connectivity index is 1.46. The zero-order valence-corrected chi connectivity index (χ0v) is 11.7. The van der Waals surface area contributed by atoms with Crippen LogP contribution in [0.5, 0.6) is 0 Å². The van der Waals surface area contributed by atoms with Gasteiger partial charge in [-0.3, -0.25) is 0 Å². The highest BCUT2D eigenvalue weighted by Crippen LogP contribution is 2.78. The summed E-state index contributed by atoms with van der Waals surface area (Å²) in [6.45, 7) is 8.44. The average molecular weight is 259 g/mol. The molecule has 3 aliphatic rings. The van der Waals surface area contributed by atoms with E-state index < -0.39 is 0 Å². The first-order chi connectivity index (χ1) is 9.08. The van der Waals surface area contributed by atoms with Crippen molar-refractivity contribution < 1.29 is 4.42 Å². The van der Waals surface area contributed by atoms with Crippen LogP contribution in [0.15, 0.2) is 16.7 Å². The molecule has 0 atom stereocenters. The van der Waals surface area contributed by atoms with Gasteiger partial charge < -0.3 is 9.73 Å². The summed E-state index contributed by atoms with van der Waals surface area (Å²) in [5.74, 6) is 3.05. The van der Waals surface area contributed by atoms with E-state index in [0.29, 0.717) is 5.92 Å². The van der Waals surface area contributed by atoms with E-state index in [0.717, 1.165) is 42.7 Å². The molecule has 0 radical (unpaired) electrons. The summed E-state index contributed by atoms with van der Waals surface area (Å²) >= 11 is 0. The van der Waals surface area contributed by atoms with Crippen LogP contribution >= 0.6 is 0 Å². The number of hydrogen-bond acceptors (Lipinski definition) is 4. The van der Waals surface area contributed by atoms with Gasteiger partial charge in [0.25, 0.3) is 0 Å². The van der Waals surface area contributed by atoms with Gasteiger partial charge in [0.05, 0.1) is 11.0 Å². The molecular weight excluding hydrogens is 238 g/mol. The summed E-state index contributed by atoms with van der Waals surface area (Å²) in [6, 6.07) is 0. The van der Waals surface area contributed by atoms with Crippen molar-refractivity contribution in [1.82, 2.24) is 15.5 Å². The maximum Gasteiger partial charge on any atom is 0.225 e. The number of allylic oxidation sites excluding steroid dienone is 1. The smallest absolute Gasteiger partial charge is 0.225 e. The monoisotopic (exact) mass is 259 g/mol. The lowest BCUT2D eigenvalue weighted by Gasteiger charge is -2.29. The molecule has 0 aliphatic heterocycles. The number of nitrogens with zero attached hydrogens (tertiary/aromatic N) is 2. The Hall–Kier alpha value is -1.32. The van der Waals surface area contributed by atoms with Crippen LogP contribution in [0.3, 0.4) is 0 Å². The second kappa shape index (κ2) is 3.41. The number of rotatable bonds is 5. The molecule has 1 heterocycles. The predicted molar refractivity (Wildman–Crippen MR) is 71.6 cm³/mol. The van der Waals surface area contributed by atoms with Crippen LogP contribution < -0.4 is 5.32 Å². The number of hydrogen-bond donors (Lipinski definition) is 1. The van der Waals surface area contributed by atoms with Crippen molar-refractivity contribution in [3.05, 3.63) is 24.1 Å². The van der Waals surface area contributed by atoms with E-state index >= 15 is 0 Å². The molecule has 0 unspecified atom stereocenters. The fourth-order valence-corrected chi connectivity index (χ4v) is 3.58. The summed E-state index contributed by atoms with van der Waals surface area (Å²) in [5.41, 5.74) is 1.47. The molecule has 4 nitrogen and oxygen atoms in total. The third-order valence-corrected chi connectivity index (χ3v) is 5.29. The Bertz CT molecular complexity index is 535. The van der Waals surface area contributed by atoms with Crippen LogP contribution in [0.1, 0.15) is 63.7 Å². The zero-order chi connectivity index (χ0) is 13.3. The summed E-state index contributed by atoms with van der Waals surface area (Å²) in [5, 5.41) is 12.1. The largest absolute Gasteiger partial charge is 0.424 e. The Labute approximate surface area is 113 Å². The molecular formula is C15H21N3O. The van der Waals surface area contributed by atoms with Crippen LogP contribution in [0.4, 0.5) is 0 Å². The molecule has 0 aromatic carbocycles. The van der Waals surface area contributed by atoms with Gasteiger partial charge in [0.1, 0.15) is 0 Å². The van der Waals surface area contributed by atoms with Gasteiger partial charge in [-0.05, 0) is 38.0 Å². The Morgan fingerprint density at radius 3 is 2.79 bits per heavy atom. The number of aromatic nitrogens is 2. The van der Waals surface area contributed by atoms with Gasteiger partial charge in [-0.15, -0.1) is 10.2 Å². The van der Waals surface area contributed by atoms with Gasteiger partial charge in [-0.25, -0.2) is 0 Å². The molecule has 3 fully saturated rings. The van der Waals surface area contributed by atoms with Gasteiger partial charge in [0, 0.05) is 11.6 Å². The van der Waals surface area contributed by atoms with E-state index in [1.54, 1.807) is 0 Å². The lowest BCUT2D eigenvalue weighted by atomic mass is 9.76. The van der Waals surface area contributed by atoms with E-state index in [9.17, 15) is 0 Å². The minimum Gasteiger partial charge on any atom is -0.424 e. The van der Waals surface area contributed by atoms with Crippen molar-refractivity contribution >= 4 is 0 Å². The van der Waals surface area contributed by atoms with Gasteiger partial charge in [0.15, 0.2) is 0 Å². The molecule has 1 N–H and O–H groups in total. The maximum absolute atomic E-state index is 5.95. The van der Waals surface area contributed by atoms with Crippen molar-refractivity contribution in [2.75, 3.05) is 0 Å². The molecule has 0 amide bonds. The molecule has 19 heavy (non-hydrogen) atoms. The fourth-order valence-electron chi connectivity index (χ4n) is 3.58. The van der Waals surface area contributed by atoms with Gasteiger partial charge in [0.2, 0.25) is 11.8 Å². The van der Waals surface area contributed by atoms with Gasteiger partial charge in [-0.1, -0.05) is 20.4 Å². The third kappa shape index (κ3) is 1.46. The summed E-state index contributed by atoms with van der Waals surface area (Å²) in [6.07, 6.45) is 5.63. The molecule has 3 aliphatic carbocycles. The van der Waals surface area contributed by atoms with Gasteiger partial charge in [-0.2, -0.15) is 0 Å². The van der Waals surface area contributed by atoms with Crippen LogP contribution in [0.2, 0.25) is 0 Å². The Morgan fingerprint density at radius 2 is 2.16 bits per heavy atom. The first-order valence-electron chi connectivity index (χ1n) is 7.38. The van der Waals surface area contributed by atoms with E-state index in [1.165, 1.54) is 12.8 Å². The Morgan fingerprint density at radius 1 is 1.42 bits per heavy atom. The number of fused-ring (bicyclic) bond motifs is 1. The SMILES string of the molecule is C=C(CC)NC12CC1(c1nnc(C3CC(C)C3)o1)C2. The fraction of sp³-hybridized carbons (Fsp3) is 0.733. The first kappa shape index (κ1) is 11.5. The molecule has 102 valence electrons. The lowest BCUT2D eigenvalue weighted by Crippen LogP contribution is -2.21. The third-order valence-electron chi connectivity index (χ3n) is 5.29. The highest BCUT2D eigenvalue weighted by Gasteiger charge is 2.87. The predicted octanol–water partition coefficient (Wildman–Crippen LogP) is 2.88. The average Bonchev–Trinajstić information content (AvgIpc) is 3.03. The molecule has 4 heteroatoms. The van der Waals surface area contributed by atoms with E-state index in [4.69, 9.17) is 4.42 Å². The van der Waals surface area contributed by atoms with Crippen LogP contribution in [0, 0.1) is 5.92 Å². The van der Waals surface area contributed by atoms with Crippen LogP contribution in [-0.2, 0) is 5.41 Å². The van der Waals surface area contributed by atoms with Gasteiger partial charge >= 0.3 is 0 Å². The summed E-state index contributed by atoms with van der Waals surface area (Å²) in [7, 11) is 0. The normalized spacial score (nSPS) is 42.2. The maximum atomic E-state index is 5.95. The lowest BCUT2D eigenvalue weighted by molar-refractivity contribution is 0.240.